The van der Waals surface area contributed by atoms with Gasteiger partial charge in [-0.3, -0.25) is 14.9 Å². The molecule has 1 fully saturated rings. The predicted molar refractivity (Wildman–Crippen MR) is 117 cm³/mol. The standard InChI is InChI=1S/C22H25N5O4/c1-31-14-9-24-20-8-5-18(15-21(20)27(29)30)22(28)26-11-2-10-25(12-13-26)19-6-3-17(16-23)4-7-19/h3-8,15,24H,2,9-14H2,1H3. The fraction of sp³-hybridized carbons (Fsp3) is 0.364. The molecule has 9 heteroatoms. The second kappa shape index (κ2) is 10.4. The van der Waals surface area contributed by atoms with Crippen LogP contribution in [0.25, 0.3) is 0 Å². The molecule has 2 aromatic rings. The number of hydrogen-bond donors (Lipinski definition) is 1. The summed E-state index contributed by atoms with van der Waals surface area (Å²) in [5.74, 6) is -0.215. The minimum absolute atomic E-state index is 0.129. The van der Waals surface area contributed by atoms with Crippen LogP contribution in [0.5, 0.6) is 0 Å². The van der Waals surface area contributed by atoms with Crippen molar-refractivity contribution >= 4 is 23.0 Å². The van der Waals surface area contributed by atoms with Crippen molar-refractivity contribution in [2.75, 3.05) is 56.7 Å². The molecule has 1 saturated heterocycles. The Morgan fingerprint density at radius 1 is 1.19 bits per heavy atom. The number of benzene rings is 2. The lowest BCUT2D eigenvalue weighted by atomic mass is 10.1. The molecule has 31 heavy (non-hydrogen) atoms. The first-order valence-electron chi connectivity index (χ1n) is 10.1. The zero-order valence-corrected chi connectivity index (χ0v) is 17.4. The van der Waals surface area contributed by atoms with Crippen LogP contribution in [0.4, 0.5) is 17.1 Å². The van der Waals surface area contributed by atoms with Crippen molar-refractivity contribution < 1.29 is 14.5 Å². The molecule has 0 bridgehead atoms. The van der Waals surface area contributed by atoms with Crippen LogP contribution in [0.2, 0.25) is 0 Å². The molecule has 1 amide bonds. The van der Waals surface area contributed by atoms with E-state index in [9.17, 15) is 14.9 Å². The number of nitro benzene ring substituents is 1. The Labute approximate surface area is 181 Å². The zero-order valence-electron chi connectivity index (χ0n) is 17.4. The van der Waals surface area contributed by atoms with Crippen molar-refractivity contribution in [1.82, 2.24) is 4.90 Å². The van der Waals surface area contributed by atoms with E-state index in [2.05, 4.69) is 16.3 Å². The largest absolute Gasteiger partial charge is 0.383 e. The Kier molecular flexibility index (Phi) is 7.40. The smallest absolute Gasteiger partial charge is 0.293 e. The van der Waals surface area contributed by atoms with Crippen molar-refractivity contribution in [2.45, 2.75) is 6.42 Å². The summed E-state index contributed by atoms with van der Waals surface area (Å²) in [5.41, 5.74) is 2.15. The summed E-state index contributed by atoms with van der Waals surface area (Å²) in [6.45, 7) is 3.38. The highest BCUT2D eigenvalue weighted by molar-refractivity contribution is 5.95. The number of hydrogen-bond acceptors (Lipinski definition) is 7. The Hall–Kier alpha value is -3.64. The molecule has 0 unspecified atom stereocenters. The molecule has 1 heterocycles. The van der Waals surface area contributed by atoms with E-state index in [0.29, 0.717) is 49.6 Å². The van der Waals surface area contributed by atoms with Gasteiger partial charge in [0.25, 0.3) is 11.6 Å². The molecule has 0 atom stereocenters. The van der Waals surface area contributed by atoms with Gasteiger partial charge in [-0.2, -0.15) is 5.26 Å². The lowest BCUT2D eigenvalue weighted by Crippen LogP contribution is -2.35. The van der Waals surface area contributed by atoms with Crippen molar-refractivity contribution in [3.63, 3.8) is 0 Å². The fourth-order valence-corrected chi connectivity index (χ4v) is 3.56. The molecule has 0 aromatic heterocycles. The van der Waals surface area contributed by atoms with E-state index in [-0.39, 0.29) is 11.6 Å². The maximum absolute atomic E-state index is 13.0. The zero-order chi connectivity index (χ0) is 22.2. The molecule has 1 N–H and O–H groups in total. The van der Waals surface area contributed by atoms with Crippen LogP contribution < -0.4 is 10.2 Å². The van der Waals surface area contributed by atoms with Crippen LogP contribution in [0.3, 0.4) is 0 Å². The first-order valence-corrected chi connectivity index (χ1v) is 10.1. The highest BCUT2D eigenvalue weighted by atomic mass is 16.6. The molecule has 9 nitrogen and oxygen atoms in total. The number of ether oxygens (including phenoxy) is 1. The van der Waals surface area contributed by atoms with E-state index in [4.69, 9.17) is 10.00 Å². The van der Waals surface area contributed by atoms with Crippen LogP contribution in [0.1, 0.15) is 22.3 Å². The summed E-state index contributed by atoms with van der Waals surface area (Å²) in [5, 5.41) is 23.4. The number of anilines is 2. The number of nitriles is 1. The molecule has 162 valence electrons. The average molecular weight is 423 g/mol. The molecule has 0 radical (unpaired) electrons. The van der Waals surface area contributed by atoms with E-state index in [0.717, 1.165) is 18.7 Å². The van der Waals surface area contributed by atoms with Crippen LogP contribution in [0.15, 0.2) is 42.5 Å². The van der Waals surface area contributed by atoms with Crippen molar-refractivity contribution in [2.24, 2.45) is 0 Å². The van der Waals surface area contributed by atoms with Gasteiger partial charge in [0.15, 0.2) is 0 Å². The van der Waals surface area contributed by atoms with E-state index >= 15 is 0 Å². The third-order valence-corrected chi connectivity index (χ3v) is 5.21. The number of nitrogens with one attached hydrogen (secondary N) is 1. The Balaban J connectivity index is 1.70. The number of rotatable bonds is 7. The Bertz CT molecular complexity index is 971. The maximum atomic E-state index is 13.0. The minimum Gasteiger partial charge on any atom is -0.383 e. The maximum Gasteiger partial charge on any atom is 0.293 e. The quantitative estimate of drug-likeness (QED) is 0.414. The van der Waals surface area contributed by atoms with Crippen LogP contribution >= 0.6 is 0 Å². The fourth-order valence-electron chi connectivity index (χ4n) is 3.56. The highest BCUT2D eigenvalue weighted by Crippen LogP contribution is 2.26. The number of amides is 1. The third kappa shape index (κ3) is 5.49. The van der Waals surface area contributed by atoms with Gasteiger partial charge in [-0.05, 0) is 42.8 Å². The number of carbonyl (C=O) groups excluding carboxylic acids is 1. The number of carbonyl (C=O) groups is 1. The van der Waals surface area contributed by atoms with Crippen molar-refractivity contribution in [3.05, 3.63) is 63.7 Å². The molecule has 3 rings (SSSR count). The van der Waals surface area contributed by atoms with Gasteiger partial charge >= 0.3 is 0 Å². The topological polar surface area (TPSA) is 112 Å². The van der Waals surface area contributed by atoms with Gasteiger partial charge in [-0.1, -0.05) is 0 Å². The van der Waals surface area contributed by atoms with Gasteiger partial charge in [0.1, 0.15) is 5.69 Å². The SMILES string of the molecule is COCCNc1ccc(C(=O)N2CCCN(c3ccc(C#N)cc3)CC2)cc1[N+](=O)[O-]. The number of methoxy groups -OCH3 is 1. The third-order valence-electron chi connectivity index (χ3n) is 5.21. The Morgan fingerprint density at radius 2 is 1.97 bits per heavy atom. The van der Waals surface area contributed by atoms with Gasteiger partial charge in [0.2, 0.25) is 0 Å². The van der Waals surface area contributed by atoms with Gasteiger partial charge in [0, 0.05) is 57.2 Å². The second-order valence-electron chi connectivity index (χ2n) is 7.20. The molecule has 2 aromatic carbocycles. The first-order chi connectivity index (χ1) is 15.0. The Morgan fingerprint density at radius 3 is 2.65 bits per heavy atom. The summed E-state index contributed by atoms with van der Waals surface area (Å²) in [4.78, 5) is 28.0. The second-order valence-corrected chi connectivity index (χ2v) is 7.20. The summed E-state index contributed by atoms with van der Waals surface area (Å²) >= 11 is 0. The summed E-state index contributed by atoms with van der Waals surface area (Å²) in [6.07, 6.45) is 0.782. The highest BCUT2D eigenvalue weighted by Gasteiger charge is 2.23. The molecule has 1 aliphatic heterocycles. The summed E-state index contributed by atoms with van der Waals surface area (Å²) in [7, 11) is 1.56. The van der Waals surface area contributed by atoms with E-state index in [1.807, 2.05) is 12.1 Å². The summed E-state index contributed by atoms with van der Waals surface area (Å²) in [6, 6.07) is 14.0. The monoisotopic (exact) mass is 423 g/mol. The normalized spacial score (nSPS) is 13.9. The minimum atomic E-state index is -0.485. The molecule has 0 spiro atoms. The van der Waals surface area contributed by atoms with Crippen LogP contribution in [-0.4, -0.2) is 62.2 Å². The lowest BCUT2D eigenvalue weighted by molar-refractivity contribution is -0.384. The molecule has 1 aliphatic rings. The molecular formula is C22H25N5O4. The number of nitrogens with zero attached hydrogens (tertiary/aromatic N) is 4. The van der Waals surface area contributed by atoms with E-state index in [1.165, 1.54) is 6.07 Å². The number of nitro groups is 1. The lowest BCUT2D eigenvalue weighted by Gasteiger charge is -2.24. The average Bonchev–Trinajstić information content (AvgIpc) is 3.05. The summed E-state index contributed by atoms with van der Waals surface area (Å²) < 4.78 is 4.96. The molecule has 0 saturated carbocycles. The van der Waals surface area contributed by atoms with Crippen molar-refractivity contribution in [3.8, 4) is 6.07 Å². The molecular weight excluding hydrogens is 398 g/mol. The van der Waals surface area contributed by atoms with Gasteiger partial charge < -0.3 is 19.9 Å². The predicted octanol–water partition coefficient (Wildman–Crippen LogP) is 2.88. The van der Waals surface area contributed by atoms with Crippen molar-refractivity contribution in [1.29, 1.82) is 5.26 Å². The van der Waals surface area contributed by atoms with Gasteiger partial charge in [0.05, 0.1) is 23.2 Å². The van der Waals surface area contributed by atoms with Gasteiger partial charge in [-0.15, -0.1) is 0 Å². The first kappa shape index (κ1) is 22.1. The molecule has 0 aliphatic carbocycles. The van der Waals surface area contributed by atoms with E-state index < -0.39 is 4.92 Å². The van der Waals surface area contributed by atoms with Crippen LogP contribution in [-0.2, 0) is 4.74 Å². The van der Waals surface area contributed by atoms with E-state index in [1.54, 1.807) is 36.3 Å². The van der Waals surface area contributed by atoms with Crippen LogP contribution in [0, 0.1) is 21.4 Å². The van der Waals surface area contributed by atoms with Gasteiger partial charge in [-0.25, -0.2) is 0 Å².